The lowest BCUT2D eigenvalue weighted by molar-refractivity contribution is 0.670. The number of rotatable bonds is 2. The van der Waals surface area contributed by atoms with E-state index in [0.29, 0.717) is 0 Å². The van der Waals surface area contributed by atoms with Gasteiger partial charge in [-0.2, -0.15) is 0 Å². The third-order valence-corrected chi connectivity index (χ3v) is 6.20. The van der Waals surface area contributed by atoms with E-state index >= 15 is 0 Å². The highest BCUT2D eigenvalue weighted by Gasteiger charge is 2.11. The van der Waals surface area contributed by atoms with E-state index in [9.17, 15) is 0 Å². The van der Waals surface area contributed by atoms with E-state index in [1.54, 1.807) is 0 Å². The number of hydrogen-bond acceptors (Lipinski definition) is 3. The molecule has 0 aliphatic heterocycles. The van der Waals surface area contributed by atoms with Crippen molar-refractivity contribution in [2.45, 2.75) is 0 Å². The molecular formula is C24H15NOS. The minimum atomic E-state index is 0.898. The van der Waals surface area contributed by atoms with Crippen LogP contribution in [-0.2, 0) is 0 Å². The van der Waals surface area contributed by atoms with Gasteiger partial charge in [-0.3, -0.25) is 0 Å². The van der Waals surface area contributed by atoms with Crippen molar-refractivity contribution in [1.29, 1.82) is 0 Å². The van der Waals surface area contributed by atoms with Gasteiger partial charge in [-0.15, -0.1) is 11.3 Å². The number of para-hydroxylation sites is 2. The molecule has 4 aromatic carbocycles. The zero-order chi connectivity index (χ0) is 17.8. The Kier molecular flexibility index (Phi) is 3.07. The van der Waals surface area contributed by atoms with Crippen LogP contribution in [0.4, 0.5) is 11.4 Å². The molecule has 0 radical (unpaired) electrons. The summed E-state index contributed by atoms with van der Waals surface area (Å²) in [6.45, 7) is 0. The first-order valence-corrected chi connectivity index (χ1v) is 9.77. The number of benzene rings is 4. The van der Waals surface area contributed by atoms with Gasteiger partial charge in [0.1, 0.15) is 5.58 Å². The first-order valence-electron chi connectivity index (χ1n) is 8.95. The smallest absolute Gasteiger partial charge is 0.158 e. The van der Waals surface area contributed by atoms with Crippen LogP contribution in [0.1, 0.15) is 0 Å². The summed E-state index contributed by atoms with van der Waals surface area (Å²) in [5.41, 5.74) is 3.88. The van der Waals surface area contributed by atoms with Crippen molar-refractivity contribution in [2.24, 2.45) is 0 Å². The predicted octanol–water partition coefficient (Wildman–Crippen LogP) is 7.70. The second-order valence-electron chi connectivity index (χ2n) is 6.71. The molecule has 0 saturated carbocycles. The third-order valence-electron chi connectivity index (χ3n) is 5.06. The molecule has 6 rings (SSSR count). The molecule has 6 aromatic rings. The van der Waals surface area contributed by atoms with E-state index in [0.717, 1.165) is 33.3 Å². The molecule has 2 nitrogen and oxygen atoms in total. The maximum atomic E-state index is 6.13. The van der Waals surface area contributed by atoms with Crippen LogP contribution in [0.3, 0.4) is 0 Å². The summed E-state index contributed by atoms with van der Waals surface area (Å²) in [6.07, 6.45) is 0. The maximum Gasteiger partial charge on any atom is 0.158 e. The molecule has 0 aliphatic carbocycles. The number of furan rings is 1. The van der Waals surface area contributed by atoms with E-state index in [1.165, 1.54) is 20.2 Å². The number of anilines is 2. The van der Waals surface area contributed by atoms with Gasteiger partial charge >= 0.3 is 0 Å². The fraction of sp³-hybridized carbons (Fsp3) is 0. The lowest BCUT2D eigenvalue weighted by atomic mass is 10.1. The molecule has 0 saturated heterocycles. The van der Waals surface area contributed by atoms with Crippen molar-refractivity contribution >= 4 is 64.8 Å². The summed E-state index contributed by atoms with van der Waals surface area (Å²) in [4.78, 5) is 0. The number of thiophene rings is 1. The normalized spacial score (nSPS) is 11.7. The average molecular weight is 365 g/mol. The van der Waals surface area contributed by atoms with Gasteiger partial charge in [0, 0.05) is 36.6 Å². The van der Waals surface area contributed by atoms with Crippen LogP contribution in [0.2, 0.25) is 0 Å². The molecule has 2 heterocycles. The highest BCUT2D eigenvalue weighted by Crippen LogP contribution is 2.37. The third kappa shape index (κ3) is 2.25. The molecule has 2 aromatic heterocycles. The Hall–Kier alpha value is -3.30. The lowest BCUT2D eigenvalue weighted by Gasteiger charge is -2.07. The quantitative estimate of drug-likeness (QED) is 0.340. The summed E-state index contributed by atoms with van der Waals surface area (Å²) in [5.74, 6) is 0. The summed E-state index contributed by atoms with van der Waals surface area (Å²) < 4.78 is 8.74. The van der Waals surface area contributed by atoms with Gasteiger partial charge in [-0.05, 0) is 30.3 Å². The van der Waals surface area contributed by atoms with Crippen LogP contribution in [-0.4, -0.2) is 0 Å². The first-order chi connectivity index (χ1) is 13.4. The second-order valence-corrected chi connectivity index (χ2v) is 7.80. The topological polar surface area (TPSA) is 25.2 Å². The van der Waals surface area contributed by atoms with E-state index in [1.807, 2.05) is 29.5 Å². The molecular weight excluding hydrogens is 350 g/mol. The Labute approximate surface area is 159 Å². The van der Waals surface area contributed by atoms with Gasteiger partial charge in [0.2, 0.25) is 0 Å². The molecule has 0 unspecified atom stereocenters. The molecule has 0 spiro atoms. The Bertz CT molecular complexity index is 1460. The minimum Gasteiger partial charge on any atom is -0.454 e. The van der Waals surface area contributed by atoms with Crippen molar-refractivity contribution in [3.63, 3.8) is 0 Å². The van der Waals surface area contributed by atoms with Crippen molar-refractivity contribution in [1.82, 2.24) is 0 Å². The zero-order valence-electron chi connectivity index (χ0n) is 14.4. The second kappa shape index (κ2) is 5.60. The van der Waals surface area contributed by atoms with Gasteiger partial charge in [0.15, 0.2) is 5.58 Å². The van der Waals surface area contributed by atoms with E-state index in [-0.39, 0.29) is 0 Å². The standard InChI is InChI=1S/C24H15NOS/c1-3-10-21-16(6-1)19-8-5-9-20(24(19)26-21)25-15-12-13-18-17-7-2-4-11-22(17)27-23(18)14-15/h1-14,25H. The molecule has 0 fully saturated rings. The first kappa shape index (κ1) is 14.8. The molecule has 128 valence electrons. The molecule has 0 amide bonds. The summed E-state index contributed by atoms with van der Waals surface area (Å²) in [6, 6.07) is 29.6. The van der Waals surface area contributed by atoms with E-state index in [2.05, 4.69) is 72.0 Å². The van der Waals surface area contributed by atoms with Crippen LogP contribution in [0.15, 0.2) is 89.3 Å². The van der Waals surface area contributed by atoms with Gasteiger partial charge < -0.3 is 9.73 Å². The Balaban J connectivity index is 1.49. The van der Waals surface area contributed by atoms with Gasteiger partial charge in [0.25, 0.3) is 0 Å². The molecule has 3 heteroatoms. The Morgan fingerprint density at radius 1 is 0.630 bits per heavy atom. The van der Waals surface area contributed by atoms with Crippen molar-refractivity contribution in [3.05, 3.63) is 84.9 Å². The summed E-state index contributed by atoms with van der Waals surface area (Å²) >= 11 is 1.83. The molecule has 27 heavy (non-hydrogen) atoms. The summed E-state index contributed by atoms with van der Waals surface area (Å²) in [5, 5.41) is 8.48. The number of nitrogens with one attached hydrogen (secondary N) is 1. The predicted molar refractivity (Wildman–Crippen MR) is 116 cm³/mol. The van der Waals surface area contributed by atoms with Crippen LogP contribution >= 0.6 is 11.3 Å². The molecule has 0 aliphatic rings. The average Bonchev–Trinajstić information content (AvgIpc) is 3.26. The highest BCUT2D eigenvalue weighted by atomic mass is 32.1. The van der Waals surface area contributed by atoms with Crippen LogP contribution < -0.4 is 5.32 Å². The van der Waals surface area contributed by atoms with Crippen LogP contribution in [0, 0.1) is 0 Å². The monoisotopic (exact) mass is 365 g/mol. The van der Waals surface area contributed by atoms with E-state index in [4.69, 9.17) is 4.42 Å². The maximum absolute atomic E-state index is 6.13. The molecule has 1 N–H and O–H groups in total. The fourth-order valence-electron chi connectivity index (χ4n) is 3.80. The highest BCUT2D eigenvalue weighted by molar-refractivity contribution is 7.25. The van der Waals surface area contributed by atoms with Crippen LogP contribution in [0.5, 0.6) is 0 Å². The molecule has 0 bridgehead atoms. The van der Waals surface area contributed by atoms with Crippen molar-refractivity contribution in [3.8, 4) is 0 Å². The largest absolute Gasteiger partial charge is 0.454 e. The summed E-state index contributed by atoms with van der Waals surface area (Å²) in [7, 11) is 0. The van der Waals surface area contributed by atoms with E-state index < -0.39 is 0 Å². The fourth-order valence-corrected chi connectivity index (χ4v) is 4.95. The van der Waals surface area contributed by atoms with Crippen molar-refractivity contribution < 1.29 is 4.42 Å². The number of hydrogen-bond donors (Lipinski definition) is 1. The van der Waals surface area contributed by atoms with Crippen LogP contribution in [0.25, 0.3) is 42.1 Å². The van der Waals surface area contributed by atoms with Gasteiger partial charge in [-0.1, -0.05) is 54.6 Å². The van der Waals surface area contributed by atoms with Gasteiger partial charge in [-0.25, -0.2) is 0 Å². The Morgan fingerprint density at radius 2 is 1.41 bits per heavy atom. The zero-order valence-corrected chi connectivity index (χ0v) is 15.2. The van der Waals surface area contributed by atoms with Gasteiger partial charge in [0.05, 0.1) is 5.69 Å². The SMILES string of the molecule is c1ccc2c(c1)oc1c(Nc3ccc4c(c3)sc3ccccc34)cccc12. The minimum absolute atomic E-state index is 0.898. The Morgan fingerprint density at radius 3 is 2.37 bits per heavy atom. The lowest BCUT2D eigenvalue weighted by Crippen LogP contribution is -1.89. The molecule has 0 atom stereocenters. The number of fused-ring (bicyclic) bond motifs is 6. The van der Waals surface area contributed by atoms with Crippen molar-refractivity contribution in [2.75, 3.05) is 5.32 Å².